The number of aromatic carboxylic acids is 1. The molecule has 2 aromatic rings. The SMILES string of the molecule is O=C(O)c1cc(COC(OC(F)(F)F)c2ccccc2)on1. The van der Waals surface area contributed by atoms with E-state index in [1.54, 1.807) is 6.07 Å². The van der Waals surface area contributed by atoms with Crippen molar-refractivity contribution in [1.82, 2.24) is 5.16 Å². The van der Waals surface area contributed by atoms with E-state index in [0.717, 1.165) is 6.07 Å². The minimum atomic E-state index is -4.89. The topological polar surface area (TPSA) is 81.8 Å². The van der Waals surface area contributed by atoms with Gasteiger partial charge in [-0.3, -0.25) is 4.74 Å². The van der Waals surface area contributed by atoms with Gasteiger partial charge in [-0.2, -0.15) is 0 Å². The van der Waals surface area contributed by atoms with Crippen LogP contribution < -0.4 is 0 Å². The Kier molecular flexibility index (Phi) is 4.78. The Morgan fingerprint density at radius 3 is 2.55 bits per heavy atom. The summed E-state index contributed by atoms with van der Waals surface area (Å²) in [6.45, 7) is -0.435. The van der Waals surface area contributed by atoms with Crippen molar-refractivity contribution in [3.63, 3.8) is 0 Å². The fourth-order valence-electron chi connectivity index (χ4n) is 1.57. The number of rotatable bonds is 6. The molecule has 2 rings (SSSR count). The largest absolute Gasteiger partial charge is 0.525 e. The average Bonchev–Trinajstić information content (AvgIpc) is 2.92. The normalized spacial score (nSPS) is 13.0. The van der Waals surface area contributed by atoms with Crippen molar-refractivity contribution >= 4 is 5.97 Å². The standard InChI is InChI=1S/C13H10F3NO5/c14-13(15,16)21-12(8-4-2-1-3-5-8)20-7-9-6-10(11(18)19)17-22-9/h1-6,12H,7H2,(H,18,19). The maximum Gasteiger partial charge on any atom is 0.525 e. The van der Waals surface area contributed by atoms with Gasteiger partial charge in [-0.25, -0.2) is 4.79 Å². The van der Waals surface area contributed by atoms with E-state index in [1.165, 1.54) is 24.3 Å². The van der Waals surface area contributed by atoms with Gasteiger partial charge in [0.15, 0.2) is 17.7 Å². The van der Waals surface area contributed by atoms with E-state index in [9.17, 15) is 18.0 Å². The lowest BCUT2D eigenvalue weighted by Crippen LogP contribution is -2.20. The fourth-order valence-corrected chi connectivity index (χ4v) is 1.57. The summed E-state index contributed by atoms with van der Waals surface area (Å²) in [7, 11) is 0. The molecule has 1 unspecified atom stereocenters. The van der Waals surface area contributed by atoms with E-state index in [1.807, 2.05) is 0 Å². The Morgan fingerprint density at radius 2 is 2.00 bits per heavy atom. The zero-order valence-electron chi connectivity index (χ0n) is 10.9. The summed E-state index contributed by atoms with van der Waals surface area (Å²) in [5.74, 6) is -1.36. The van der Waals surface area contributed by atoms with Crippen LogP contribution in [0.4, 0.5) is 13.2 Å². The first-order valence-corrected chi connectivity index (χ1v) is 5.95. The third-order valence-corrected chi connectivity index (χ3v) is 2.47. The molecular weight excluding hydrogens is 307 g/mol. The highest BCUT2D eigenvalue weighted by atomic mass is 19.4. The maximum atomic E-state index is 12.4. The molecule has 1 heterocycles. The molecule has 0 saturated heterocycles. The number of alkyl halides is 3. The number of hydrogen-bond donors (Lipinski definition) is 1. The van der Waals surface area contributed by atoms with Crippen LogP contribution in [0.2, 0.25) is 0 Å². The number of carbonyl (C=O) groups is 1. The van der Waals surface area contributed by atoms with Crippen LogP contribution in [0, 0.1) is 0 Å². The quantitative estimate of drug-likeness (QED) is 0.824. The Morgan fingerprint density at radius 1 is 1.32 bits per heavy atom. The third kappa shape index (κ3) is 4.57. The Hall–Kier alpha value is -2.39. The summed E-state index contributed by atoms with van der Waals surface area (Å²) in [6.07, 6.45) is -6.60. The molecule has 0 bridgehead atoms. The minimum absolute atomic E-state index is 0.0379. The van der Waals surface area contributed by atoms with Gasteiger partial charge in [0.05, 0.1) is 0 Å². The third-order valence-electron chi connectivity index (χ3n) is 2.47. The molecule has 22 heavy (non-hydrogen) atoms. The molecule has 1 aromatic heterocycles. The Labute approximate surface area is 122 Å². The van der Waals surface area contributed by atoms with Crippen molar-refractivity contribution in [3.8, 4) is 0 Å². The molecular formula is C13H10F3NO5. The van der Waals surface area contributed by atoms with Crippen molar-refractivity contribution in [2.45, 2.75) is 19.3 Å². The van der Waals surface area contributed by atoms with E-state index >= 15 is 0 Å². The summed E-state index contributed by atoms with van der Waals surface area (Å²) in [5.41, 5.74) is -0.218. The molecule has 1 N–H and O–H groups in total. The number of ether oxygens (including phenoxy) is 2. The number of aromatic nitrogens is 1. The Balaban J connectivity index is 2.07. The number of halogens is 3. The van der Waals surface area contributed by atoms with Crippen LogP contribution in [0.15, 0.2) is 40.9 Å². The highest BCUT2D eigenvalue weighted by Crippen LogP contribution is 2.29. The summed E-state index contributed by atoms with van der Waals surface area (Å²) in [4.78, 5) is 10.6. The van der Waals surface area contributed by atoms with E-state index in [2.05, 4.69) is 14.4 Å². The average molecular weight is 317 g/mol. The molecule has 0 saturated carbocycles. The minimum Gasteiger partial charge on any atom is -0.476 e. The molecule has 1 aromatic carbocycles. The van der Waals surface area contributed by atoms with Gasteiger partial charge < -0.3 is 14.4 Å². The van der Waals surface area contributed by atoms with Crippen molar-refractivity contribution in [3.05, 3.63) is 53.4 Å². The number of hydrogen-bond acceptors (Lipinski definition) is 5. The first-order chi connectivity index (χ1) is 10.3. The molecule has 6 nitrogen and oxygen atoms in total. The van der Waals surface area contributed by atoms with E-state index in [4.69, 9.17) is 9.84 Å². The van der Waals surface area contributed by atoms with Gasteiger partial charge in [0.1, 0.15) is 6.61 Å². The lowest BCUT2D eigenvalue weighted by atomic mass is 10.2. The second kappa shape index (κ2) is 6.58. The molecule has 9 heteroatoms. The molecule has 0 aliphatic rings. The lowest BCUT2D eigenvalue weighted by molar-refractivity contribution is -0.384. The van der Waals surface area contributed by atoms with Gasteiger partial charge in [-0.05, 0) is 0 Å². The zero-order valence-corrected chi connectivity index (χ0v) is 10.9. The summed E-state index contributed by atoms with van der Waals surface area (Å²) in [5, 5.41) is 11.9. The van der Waals surface area contributed by atoms with E-state index in [-0.39, 0.29) is 17.0 Å². The van der Waals surface area contributed by atoms with Crippen molar-refractivity contribution < 1.29 is 37.1 Å². The van der Waals surface area contributed by atoms with Gasteiger partial charge in [0, 0.05) is 11.6 Å². The van der Waals surface area contributed by atoms with Gasteiger partial charge in [-0.15, -0.1) is 13.2 Å². The predicted octanol–water partition coefficient (Wildman–Crippen LogP) is 3.12. The molecule has 118 valence electrons. The van der Waals surface area contributed by atoms with E-state index in [0.29, 0.717) is 0 Å². The van der Waals surface area contributed by atoms with E-state index < -0.39 is 25.2 Å². The van der Waals surface area contributed by atoms with Crippen molar-refractivity contribution in [2.75, 3.05) is 0 Å². The predicted molar refractivity (Wildman–Crippen MR) is 64.6 cm³/mol. The van der Waals surface area contributed by atoms with Gasteiger partial charge in [0.2, 0.25) is 0 Å². The summed E-state index contributed by atoms with van der Waals surface area (Å²) >= 11 is 0. The van der Waals surface area contributed by atoms with Crippen molar-refractivity contribution in [1.29, 1.82) is 0 Å². The number of nitrogens with zero attached hydrogens (tertiary/aromatic N) is 1. The van der Waals surface area contributed by atoms with Crippen LogP contribution in [0.3, 0.4) is 0 Å². The van der Waals surface area contributed by atoms with Gasteiger partial charge in [0.25, 0.3) is 0 Å². The number of carboxylic acids is 1. The second-order valence-corrected chi connectivity index (χ2v) is 4.10. The maximum absolute atomic E-state index is 12.4. The molecule has 1 atom stereocenters. The number of carboxylic acid groups (broad SMARTS) is 1. The molecule has 0 fully saturated rings. The fraction of sp³-hybridized carbons (Fsp3) is 0.231. The molecule has 0 radical (unpaired) electrons. The highest BCUT2D eigenvalue weighted by molar-refractivity contribution is 5.85. The number of benzene rings is 1. The lowest BCUT2D eigenvalue weighted by Gasteiger charge is -2.19. The van der Waals surface area contributed by atoms with Crippen LogP contribution in [0.5, 0.6) is 0 Å². The van der Waals surface area contributed by atoms with Gasteiger partial charge >= 0.3 is 12.3 Å². The second-order valence-electron chi connectivity index (χ2n) is 4.10. The first-order valence-electron chi connectivity index (χ1n) is 5.95. The van der Waals surface area contributed by atoms with Crippen LogP contribution in [0.25, 0.3) is 0 Å². The first kappa shape index (κ1) is 16.0. The molecule has 0 aliphatic carbocycles. The van der Waals surface area contributed by atoms with Crippen molar-refractivity contribution in [2.24, 2.45) is 0 Å². The zero-order chi connectivity index (χ0) is 16.2. The molecule has 0 aliphatic heterocycles. The smallest absolute Gasteiger partial charge is 0.476 e. The van der Waals surface area contributed by atoms with Crippen LogP contribution in [0.1, 0.15) is 28.1 Å². The van der Waals surface area contributed by atoms with Crippen LogP contribution in [-0.4, -0.2) is 22.6 Å². The summed E-state index contributed by atoms with van der Waals surface area (Å²) < 4.78 is 50.8. The van der Waals surface area contributed by atoms with Gasteiger partial charge in [-0.1, -0.05) is 35.5 Å². The van der Waals surface area contributed by atoms with Crippen LogP contribution in [-0.2, 0) is 16.1 Å². The highest BCUT2D eigenvalue weighted by Gasteiger charge is 2.35. The molecule has 0 amide bonds. The summed E-state index contributed by atoms with van der Waals surface area (Å²) in [6, 6.07) is 8.55. The Bertz CT molecular complexity index is 626. The monoisotopic (exact) mass is 317 g/mol. The van der Waals surface area contributed by atoms with Crippen LogP contribution >= 0.6 is 0 Å². The molecule has 0 spiro atoms.